The number of nitrogens with two attached hydrogens (primary N) is 1. The zero-order valence-electron chi connectivity index (χ0n) is 13.5. The number of nitrogens with zero attached hydrogens (tertiary/aromatic N) is 4. The monoisotopic (exact) mass is 349 g/mol. The molecule has 2 heterocycles. The molecule has 0 amide bonds. The van der Waals surface area contributed by atoms with Gasteiger partial charge in [-0.25, -0.2) is 9.97 Å². The van der Waals surface area contributed by atoms with Crippen molar-refractivity contribution in [2.45, 2.75) is 17.8 Å². The number of thioether (sulfide) groups is 1. The first-order valence-corrected chi connectivity index (χ1v) is 8.71. The van der Waals surface area contributed by atoms with Gasteiger partial charge >= 0.3 is 0 Å². The van der Waals surface area contributed by atoms with Crippen LogP contribution in [-0.2, 0) is 5.75 Å². The van der Waals surface area contributed by atoms with E-state index in [9.17, 15) is 0 Å². The molecule has 7 heteroatoms. The molecule has 0 aliphatic carbocycles. The van der Waals surface area contributed by atoms with Crippen LogP contribution in [0.4, 0.5) is 5.95 Å². The number of aryl methyl sites for hydroxylation is 1. The second-order valence-corrected chi connectivity index (χ2v) is 6.43. The Labute approximate surface area is 148 Å². The van der Waals surface area contributed by atoms with E-state index in [1.54, 1.807) is 13.1 Å². The summed E-state index contributed by atoms with van der Waals surface area (Å²) in [5.74, 6) is 2.70. The summed E-state index contributed by atoms with van der Waals surface area (Å²) in [4.78, 5) is 16.6. The molecule has 0 bridgehead atoms. The van der Waals surface area contributed by atoms with Crippen LogP contribution >= 0.6 is 11.8 Å². The lowest BCUT2D eigenvalue weighted by Crippen LogP contribution is -2.01. The molecule has 2 N–H and O–H groups in total. The van der Waals surface area contributed by atoms with E-state index in [1.807, 2.05) is 18.2 Å². The maximum absolute atomic E-state index is 5.87. The molecule has 0 saturated heterocycles. The van der Waals surface area contributed by atoms with E-state index < -0.39 is 0 Å². The molecule has 0 unspecified atom stereocenters. The molecule has 0 radical (unpaired) electrons. The van der Waals surface area contributed by atoms with Crippen LogP contribution in [0.1, 0.15) is 11.7 Å². The van der Waals surface area contributed by atoms with Crippen LogP contribution in [-0.4, -0.2) is 19.9 Å². The molecule has 25 heavy (non-hydrogen) atoms. The van der Waals surface area contributed by atoms with Gasteiger partial charge in [0.25, 0.3) is 0 Å². The van der Waals surface area contributed by atoms with Crippen molar-refractivity contribution in [2.24, 2.45) is 0 Å². The number of benzene rings is 2. The van der Waals surface area contributed by atoms with Crippen molar-refractivity contribution in [3.8, 4) is 11.3 Å². The Kier molecular flexibility index (Phi) is 4.07. The molecule has 0 fully saturated rings. The Morgan fingerprint density at radius 1 is 1.04 bits per heavy atom. The minimum absolute atomic E-state index is 0.222. The third-order valence-corrected chi connectivity index (χ3v) is 4.49. The summed E-state index contributed by atoms with van der Waals surface area (Å²) >= 11 is 1.41. The molecule has 6 nitrogen and oxygen atoms in total. The summed E-state index contributed by atoms with van der Waals surface area (Å²) in [5, 5.41) is 2.93. The van der Waals surface area contributed by atoms with Crippen LogP contribution in [0, 0.1) is 6.92 Å². The smallest absolute Gasteiger partial charge is 0.224 e. The van der Waals surface area contributed by atoms with Crippen LogP contribution in [0.25, 0.3) is 22.1 Å². The third kappa shape index (κ3) is 3.46. The zero-order valence-corrected chi connectivity index (χ0v) is 14.3. The third-order valence-electron chi connectivity index (χ3n) is 3.66. The summed E-state index contributed by atoms with van der Waals surface area (Å²) in [6.07, 6.45) is 1.74. The molecular formula is C18H15N5OS. The molecule has 2 aromatic heterocycles. The van der Waals surface area contributed by atoms with Gasteiger partial charge in [0.05, 0.1) is 11.9 Å². The van der Waals surface area contributed by atoms with Gasteiger partial charge in [0.15, 0.2) is 10.9 Å². The topological polar surface area (TPSA) is 90.7 Å². The van der Waals surface area contributed by atoms with Crippen molar-refractivity contribution in [2.75, 3.05) is 5.73 Å². The van der Waals surface area contributed by atoms with Crippen molar-refractivity contribution in [1.29, 1.82) is 0 Å². The van der Waals surface area contributed by atoms with Gasteiger partial charge in [0.2, 0.25) is 11.8 Å². The average molecular weight is 349 g/mol. The normalized spacial score (nSPS) is 11.1. The van der Waals surface area contributed by atoms with Gasteiger partial charge in [-0.05, 0) is 23.8 Å². The maximum atomic E-state index is 5.87. The highest BCUT2D eigenvalue weighted by molar-refractivity contribution is 7.98. The minimum atomic E-state index is 0.222. The largest absolute Gasteiger partial charge is 0.440 e. The van der Waals surface area contributed by atoms with E-state index in [-0.39, 0.29) is 5.95 Å². The van der Waals surface area contributed by atoms with Gasteiger partial charge in [-0.2, -0.15) is 9.97 Å². The molecule has 0 aliphatic rings. The lowest BCUT2D eigenvalue weighted by molar-refractivity contribution is 0.530. The van der Waals surface area contributed by atoms with Gasteiger partial charge in [0, 0.05) is 5.56 Å². The number of rotatable bonds is 4. The van der Waals surface area contributed by atoms with E-state index >= 15 is 0 Å². The summed E-state index contributed by atoms with van der Waals surface area (Å²) in [7, 11) is 0. The van der Waals surface area contributed by atoms with Gasteiger partial charge in [-0.3, -0.25) is 0 Å². The Morgan fingerprint density at radius 2 is 1.88 bits per heavy atom. The van der Waals surface area contributed by atoms with E-state index in [4.69, 9.17) is 10.2 Å². The molecule has 0 spiro atoms. The molecule has 4 aromatic rings. The predicted octanol–water partition coefficient (Wildman–Crippen LogP) is 3.86. The lowest BCUT2D eigenvalue weighted by Gasteiger charge is -2.01. The highest BCUT2D eigenvalue weighted by Gasteiger charge is 2.09. The summed E-state index contributed by atoms with van der Waals surface area (Å²) in [6, 6.07) is 14.4. The first kappa shape index (κ1) is 15.6. The summed E-state index contributed by atoms with van der Waals surface area (Å²) in [6.45, 7) is 1.78. The van der Waals surface area contributed by atoms with E-state index in [1.165, 1.54) is 22.5 Å². The van der Waals surface area contributed by atoms with Crippen LogP contribution in [0.3, 0.4) is 0 Å². The average Bonchev–Trinajstić information content (AvgIpc) is 3.08. The van der Waals surface area contributed by atoms with Crippen molar-refractivity contribution in [3.05, 3.63) is 60.4 Å². The molecule has 0 atom stereocenters. The summed E-state index contributed by atoms with van der Waals surface area (Å²) < 4.78 is 5.87. The van der Waals surface area contributed by atoms with Crippen molar-refractivity contribution in [1.82, 2.24) is 19.9 Å². The fourth-order valence-corrected chi connectivity index (χ4v) is 3.26. The van der Waals surface area contributed by atoms with Crippen molar-refractivity contribution in [3.63, 3.8) is 0 Å². The molecule has 0 saturated carbocycles. The Hall–Kier alpha value is -2.93. The zero-order chi connectivity index (χ0) is 17.2. The Bertz CT molecular complexity index is 1030. The molecule has 0 aliphatic heterocycles. The quantitative estimate of drug-likeness (QED) is 0.559. The second-order valence-electron chi connectivity index (χ2n) is 5.49. The Balaban J connectivity index is 1.53. The highest BCUT2D eigenvalue weighted by atomic mass is 32.2. The number of oxazole rings is 1. The number of fused-ring (bicyclic) bond motifs is 1. The van der Waals surface area contributed by atoms with E-state index in [2.05, 4.69) is 44.2 Å². The number of aromatic nitrogens is 4. The standard InChI is InChI=1S/C18H15N5OS/c1-11-21-17(19)23-18(22-11)25-10-16-20-9-15(24-16)14-7-6-12-4-2-3-5-13(12)8-14/h2-9H,10H2,1H3,(H2,19,21,22,23). The van der Waals surface area contributed by atoms with Crippen LogP contribution in [0.5, 0.6) is 0 Å². The van der Waals surface area contributed by atoms with Crippen molar-refractivity contribution < 1.29 is 4.42 Å². The van der Waals surface area contributed by atoms with E-state index in [0.717, 1.165) is 11.3 Å². The van der Waals surface area contributed by atoms with Gasteiger partial charge in [-0.15, -0.1) is 0 Å². The molecular weight excluding hydrogens is 334 g/mol. The highest BCUT2D eigenvalue weighted by Crippen LogP contribution is 2.27. The fraction of sp³-hybridized carbons (Fsp3) is 0.111. The lowest BCUT2D eigenvalue weighted by atomic mass is 10.1. The Morgan fingerprint density at radius 3 is 2.72 bits per heavy atom. The summed E-state index contributed by atoms with van der Waals surface area (Å²) in [5.41, 5.74) is 6.64. The predicted molar refractivity (Wildman–Crippen MR) is 98.0 cm³/mol. The van der Waals surface area contributed by atoms with Gasteiger partial charge in [-0.1, -0.05) is 48.2 Å². The first-order chi connectivity index (χ1) is 12.2. The maximum Gasteiger partial charge on any atom is 0.224 e. The second kappa shape index (κ2) is 6.52. The molecule has 4 rings (SSSR count). The first-order valence-electron chi connectivity index (χ1n) is 7.72. The number of anilines is 1. The van der Waals surface area contributed by atoms with Crippen LogP contribution in [0.2, 0.25) is 0 Å². The van der Waals surface area contributed by atoms with Crippen molar-refractivity contribution >= 4 is 28.5 Å². The SMILES string of the molecule is Cc1nc(N)nc(SCc2ncc(-c3ccc4ccccc4c3)o2)n1. The molecule has 2 aromatic carbocycles. The van der Waals surface area contributed by atoms with Gasteiger partial charge in [0.1, 0.15) is 5.82 Å². The fourth-order valence-electron chi connectivity index (χ4n) is 2.52. The minimum Gasteiger partial charge on any atom is -0.440 e. The number of nitrogen functional groups attached to an aromatic ring is 1. The van der Waals surface area contributed by atoms with E-state index in [0.29, 0.717) is 22.6 Å². The molecule has 124 valence electrons. The van der Waals surface area contributed by atoms with Crippen LogP contribution in [0.15, 0.2) is 58.2 Å². The number of hydrogen-bond acceptors (Lipinski definition) is 7. The van der Waals surface area contributed by atoms with Gasteiger partial charge < -0.3 is 10.2 Å². The number of hydrogen-bond donors (Lipinski definition) is 1. The van der Waals surface area contributed by atoms with Crippen LogP contribution < -0.4 is 5.73 Å².